The highest BCUT2D eigenvalue weighted by atomic mass is 32.1. The molecule has 7 N–H and O–H groups in total. The van der Waals surface area contributed by atoms with Gasteiger partial charge in [-0.05, 0) is 18.9 Å². The van der Waals surface area contributed by atoms with Gasteiger partial charge in [-0.3, -0.25) is 14.9 Å². The van der Waals surface area contributed by atoms with Crippen LogP contribution in [0.4, 0.5) is 15.7 Å². The van der Waals surface area contributed by atoms with E-state index >= 15 is 0 Å². The van der Waals surface area contributed by atoms with Gasteiger partial charge >= 0.3 is 6.03 Å². The Morgan fingerprint density at radius 1 is 1.19 bits per heavy atom. The number of aromatic nitrogens is 2. The number of nitrogens with zero attached hydrogens (tertiary/aromatic N) is 3. The van der Waals surface area contributed by atoms with Crippen molar-refractivity contribution in [1.29, 1.82) is 0 Å². The summed E-state index contributed by atoms with van der Waals surface area (Å²) in [6, 6.07) is 0.341. The van der Waals surface area contributed by atoms with Crippen molar-refractivity contribution in [2.45, 2.75) is 18.9 Å². The molecule has 136 valence electrons. The number of anilines is 2. The van der Waals surface area contributed by atoms with Gasteiger partial charge in [-0.25, -0.2) is 14.8 Å². The lowest BCUT2D eigenvalue weighted by Gasteiger charge is -2.21. The van der Waals surface area contributed by atoms with Crippen LogP contribution in [0.5, 0.6) is 0 Å². The lowest BCUT2D eigenvalue weighted by atomic mass is 10.2. The van der Waals surface area contributed by atoms with Gasteiger partial charge in [0.2, 0.25) is 11.9 Å². The maximum atomic E-state index is 11.5. The number of urea groups is 1. The van der Waals surface area contributed by atoms with Gasteiger partial charge in [0.05, 0.1) is 5.56 Å². The molecule has 1 aliphatic heterocycles. The highest BCUT2D eigenvalue weighted by Crippen LogP contribution is 2.35. The zero-order chi connectivity index (χ0) is 18.8. The SMILES string of the molecule is NC(=O)Nc1sc(-c2cnc(N3CCC[C@H]3C(N)=O)nc2)cc1C(N)=O. The van der Waals surface area contributed by atoms with E-state index in [-0.39, 0.29) is 10.6 Å². The van der Waals surface area contributed by atoms with Gasteiger partial charge in [-0.15, -0.1) is 11.3 Å². The van der Waals surface area contributed by atoms with Crippen LogP contribution in [0.25, 0.3) is 10.4 Å². The van der Waals surface area contributed by atoms with Gasteiger partial charge in [-0.1, -0.05) is 0 Å². The molecule has 0 spiro atoms. The number of amides is 4. The molecular formula is C15H17N7O3S. The van der Waals surface area contributed by atoms with Gasteiger partial charge in [0.15, 0.2) is 0 Å². The molecule has 10 nitrogen and oxygen atoms in total. The third kappa shape index (κ3) is 3.42. The van der Waals surface area contributed by atoms with Gasteiger partial charge in [0, 0.05) is 29.4 Å². The Kier molecular flexibility index (Phi) is 4.71. The lowest BCUT2D eigenvalue weighted by molar-refractivity contribution is -0.119. The monoisotopic (exact) mass is 375 g/mol. The standard InChI is InChI=1S/C15H17N7O3S/c16-11(23)8-4-10(26-13(8)21-14(18)25)7-5-19-15(20-6-7)22-3-1-2-9(22)12(17)24/h4-6,9H,1-3H2,(H2,16,23)(H2,17,24)(H3,18,21,25)/t9-/m0/s1. The fourth-order valence-corrected chi connectivity index (χ4v) is 3.86. The van der Waals surface area contributed by atoms with Crippen molar-refractivity contribution in [2.24, 2.45) is 17.2 Å². The quantitative estimate of drug-likeness (QED) is 0.583. The maximum absolute atomic E-state index is 11.5. The summed E-state index contributed by atoms with van der Waals surface area (Å²) in [5, 5.41) is 2.64. The van der Waals surface area contributed by atoms with Crippen molar-refractivity contribution in [3.63, 3.8) is 0 Å². The highest BCUT2D eigenvalue weighted by Gasteiger charge is 2.30. The summed E-state index contributed by atoms with van der Waals surface area (Å²) < 4.78 is 0. The summed E-state index contributed by atoms with van der Waals surface area (Å²) in [5.74, 6) is -0.672. The first-order valence-electron chi connectivity index (χ1n) is 7.75. The first-order chi connectivity index (χ1) is 12.4. The molecular weight excluding hydrogens is 358 g/mol. The zero-order valence-electron chi connectivity index (χ0n) is 13.6. The first-order valence-corrected chi connectivity index (χ1v) is 8.57. The molecule has 1 fully saturated rings. The molecule has 1 atom stereocenters. The first kappa shape index (κ1) is 17.6. The van der Waals surface area contributed by atoms with E-state index in [0.29, 0.717) is 29.4 Å². The number of thiophene rings is 1. The molecule has 1 aliphatic rings. The minimum absolute atomic E-state index is 0.154. The number of carbonyl (C=O) groups is 3. The van der Waals surface area contributed by atoms with E-state index in [1.54, 1.807) is 23.4 Å². The molecule has 3 heterocycles. The van der Waals surface area contributed by atoms with E-state index in [2.05, 4.69) is 15.3 Å². The average Bonchev–Trinajstić information content (AvgIpc) is 3.21. The molecule has 2 aromatic rings. The molecule has 11 heteroatoms. The Hall–Kier alpha value is -3.21. The Balaban J connectivity index is 1.88. The molecule has 0 radical (unpaired) electrons. The number of hydrogen-bond donors (Lipinski definition) is 4. The third-order valence-electron chi connectivity index (χ3n) is 4.00. The molecule has 0 aromatic carbocycles. The summed E-state index contributed by atoms with van der Waals surface area (Å²) in [4.78, 5) is 45.1. The van der Waals surface area contributed by atoms with Crippen molar-refractivity contribution in [3.05, 3.63) is 24.0 Å². The highest BCUT2D eigenvalue weighted by molar-refractivity contribution is 7.20. The fourth-order valence-electron chi connectivity index (χ4n) is 2.82. The Labute approximate surface area is 152 Å². The van der Waals surface area contributed by atoms with E-state index in [0.717, 1.165) is 17.8 Å². The number of hydrogen-bond acceptors (Lipinski definition) is 7. The van der Waals surface area contributed by atoms with Crippen LogP contribution in [0.15, 0.2) is 18.5 Å². The lowest BCUT2D eigenvalue weighted by Crippen LogP contribution is -2.41. The van der Waals surface area contributed by atoms with Gasteiger partial charge < -0.3 is 22.1 Å². The summed E-state index contributed by atoms with van der Waals surface area (Å²) in [7, 11) is 0. The van der Waals surface area contributed by atoms with Crippen molar-refractivity contribution < 1.29 is 14.4 Å². The molecule has 1 saturated heterocycles. The van der Waals surface area contributed by atoms with E-state index in [4.69, 9.17) is 17.2 Å². The predicted octanol–water partition coefficient (Wildman–Crippen LogP) is 0.249. The molecule has 0 saturated carbocycles. The van der Waals surface area contributed by atoms with Gasteiger partial charge in [0.25, 0.3) is 5.91 Å². The van der Waals surface area contributed by atoms with Gasteiger partial charge in [-0.2, -0.15) is 0 Å². The van der Waals surface area contributed by atoms with E-state index in [1.165, 1.54) is 0 Å². The van der Waals surface area contributed by atoms with Crippen LogP contribution in [0.1, 0.15) is 23.2 Å². The zero-order valence-corrected chi connectivity index (χ0v) is 14.5. The van der Waals surface area contributed by atoms with Crippen LogP contribution in [0, 0.1) is 0 Å². The second-order valence-electron chi connectivity index (χ2n) is 5.73. The van der Waals surface area contributed by atoms with Crippen LogP contribution in [-0.2, 0) is 4.79 Å². The smallest absolute Gasteiger partial charge is 0.317 e. The van der Waals surface area contributed by atoms with Crippen LogP contribution < -0.4 is 27.4 Å². The molecule has 26 heavy (non-hydrogen) atoms. The van der Waals surface area contributed by atoms with Crippen LogP contribution in [0.2, 0.25) is 0 Å². The number of carbonyl (C=O) groups excluding carboxylic acids is 3. The van der Waals surface area contributed by atoms with Gasteiger partial charge in [0.1, 0.15) is 11.0 Å². The number of nitrogens with two attached hydrogens (primary N) is 3. The molecule has 0 unspecified atom stereocenters. The van der Waals surface area contributed by atoms with E-state index < -0.39 is 23.9 Å². The fraction of sp³-hybridized carbons (Fsp3) is 0.267. The maximum Gasteiger partial charge on any atom is 0.317 e. The second kappa shape index (κ2) is 6.96. The predicted molar refractivity (Wildman–Crippen MR) is 96.6 cm³/mol. The second-order valence-corrected chi connectivity index (χ2v) is 6.78. The average molecular weight is 375 g/mol. The molecule has 2 aromatic heterocycles. The van der Waals surface area contributed by atoms with E-state index in [1.807, 2.05) is 0 Å². The van der Waals surface area contributed by atoms with Crippen molar-refractivity contribution in [3.8, 4) is 10.4 Å². The minimum atomic E-state index is -0.793. The summed E-state index contributed by atoms with van der Waals surface area (Å²) >= 11 is 1.13. The Morgan fingerprint density at radius 3 is 2.46 bits per heavy atom. The number of nitrogens with one attached hydrogen (secondary N) is 1. The molecule has 0 aliphatic carbocycles. The molecule has 3 rings (SSSR count). The van der Waals surface area contributed by atoms with Crippen LogP contribution >= 0.6 is 11.3 Å². The topological polar surface area (TPSA) is 170 Å². The molecule has 4 amide bonds. The number of rotatable bonds is 5. The van der Waals surface area contributed by atoms with Crippen molar-refractivity contribution in [2.75, 3.05) is 16.8 Å². The third-order valence-corrected chi connectivity index (χ3v) is 5.09. The normalized spacial score (nSPS) is 16.5. The van der Waals surface area contributed by atoms with Crippen LogP contribution in [-0.4, -0.2) is 40.4 Å². The largest absolute Gasteiger partial charge is 0.368 e. The summed E-state index contributed by atoms with van der Waals surface area (Å²) in [6.45, 7) is 0.657. The van der Waals surface area contributed by atoms with Crippen molar-refractivity contribution >= 4 is 40.1 Å². The molecule has 0 bridgehead atoms. The Morgan fingerprint density at radius 2 is 1.88 bits per heavy atom. The summed E-state index contributed by atoms with van der Waals surface area (Å²) in [5.41, 5.74) is 16.6. The minimum Gasteiger partial charge on any atom is -0.368 e. The number of primary amides is 3. The summed E-state index contributed by atoms with van der Waals surface area (Å²) in [6.07, 6.45) is 4.66. The van der Waals surface area contributed by atoms with E-state index in [9.17, 15) is 14.4 Å². The van der Waals surface area contributed by atoms with Crippen molar-refractivity contribution in [1.82, 2.24) is 9.97 Å². The van der Waals surface area contributed by atoms with Crippen LogP contribution in [0.3, 0.4) is 0 Å². The Bertz CT molecular complexity index is 865.